The zero-order valence-corrected chi connectivity index (χ0v) is 18.5. The SMILES string of the molecule is CN1CCN(S(=O)(=O)c2ccc(NC(=O)Cn3c(C(F)(F)F)nc4ccccc43)cc2)CC1. The van der Waals surface area contributed by atoms with Gasteiger partial charge in [-0.1, -0.05) is 12.1 Å². The number of piperazine rings is 1. The molecule has 33 heavy (non-hydrogen) atoms. The van der Waals surface area contributed by atoms with Crippen LogP contribution < -0.4 is 5.32 Å². The zero-order valence-electron chi connectivity index (χ0n) is 17.7. The standard InChI is InChI=1S/C21H22F3N5O3S/c1-27-10-12-28(13-11-27)33(31,32)16-8-6-15(7-9-16)25-19(30)14-29-18-5-3-2-4-17(18)26-20(29)21(22,23)24/h2-9H,10-14H2,1H3,(H,25,30). The molecular formula is C21H22F3N5O3S. The number of hydrogen-bond donors (Lipinski definition) is 1. The Morgan fingerprint density at radius 3 is 2.30 bits per heavy atom. The van der Waals surface area contributed by atoms with Gasteiger partial charge in [0, 0.05) is 31.9 Å². The van der Waals surface area contributed by atoms with Gasteiger partial charge in [0.25, 0.3) is 0 Å². The van der Waals surface area contributed by atoms with Crippen molar-refractivity contribution < 1.29 is 26.4 Å². The summed E-state index contributed by atoms with van der Waals surface area (Å²) >= 11 is 0. The fourth-order valence-corrected chi connectivity index (χ4v) is 5.11. The summed E-state index contributed by atoms with van der Waals surface area (Å²) in [5.74, 6) is -1.86. The van der Waals surface area contributed by atoms with Crippen LogP contribution in [0.25, 0.3) is 11.0 Å². The number of nitrogens with one attached hydrogen (secondary N) is 1. The Morgan fingerprint density at radius 1 is 1.03 bits per heavy atom. The van der Waals surface area contributed by atoms with Crippen molar-refractivity contribution in [3.05, 3.63) is 54.4 Å². The first kappa shape index (κ1) is 23.2. The van der Waals surface area contributed by atoms with Crippen LogP contribution in [0, 0.1) is 0 Å². The highest BCUT2D eigenvalue weighted by atomic mass is 32.2. The minimum atomic E-state index is -4.72. The number of aromatic nitrogens is 2. The van der Waals surface area contributed by atoms with Gasteiger partial charge < -0.3 is 14.8 Å². The Bertz CT molecular complexity index is 1260. The van der Waals surface area contributed by atoms with Crippen LogP contribution in [0.2, 0.25) is 0 Å². The van der Waals surface area contributed by atoms with E-state index in [-0.39, 0.29) is 21.6 Å². The van der Waals surface area contributed by atoms with Crippen LogP contribution in [0.1, 0.15) is 5.82 Å². The molecule has 0 atom stereocenters. The first-order chi connectivity index (χ1) is 15.6. The van der Waals surface area contributed by atoms with E-state index in [1.54, 1.807) is 12.1 Å². The van der Waals surface area contributed by atoms with Crippen LogP contribution in [-0.4, -0.2) is 66.3 Å². The van der Waals surface area contributed by atoms with E-state index < -0.39 is 34.5 Å². The first-order valence-electron chi connectivity index (χ1n) is 10.2. The van der Waals surface area contributed by atoms with Crippen molar-refractivity contribution in [3.63, 3.8) is 0 Å². The number of benzene rings is 2. The van der Waals surface area contributed by atoms with E-state index in [1.165, 1.54) is 40.7 Å². The van der Waals surface area contributed by atoms with Gasteiger partial charge in [0.1, 0.15) is 6.54 Å². The number of amides is 1. The van der Waals surface area contributed by atoms with E-state index in [1.807, 2.05) is 11.9 Å². The minimum Gasteiger partial charge on any atom is -0.325 e. The molecule has 3 aromatic rings. The van der Waals surface area contributed by atoms with Crippen LogP contribution >= 0.6 is 0 Å². The van der Waals surface area contributed by atoms with E-state index in [4.69, 9.17) is 0 Å². The normalized spacial score (nSPS) is 16.2. The van der Waals surface area contributed by atoms with Gasteiger partial charge in [-0.2, -0.15) is 17.5 Å². The second-order valence-electron chi connectivity index (χ2n) is 7.79. The lowest BCUT2D eigenvalue weighted by molar-refractivity contribution is -0.147. The highest BCUT2D eigenvalue weighted by Gasteiger charge is 2.38. The smallest absolute Gasteiger partial charge is 0.325 e. The summed E-state index contributed by atoms with van der Waals surface area (Å²) in [6.45, 7) is 1.44. The Labute approximate surface area is 188 Å². The molecule has 1 aliphatic rings. The van der Waals surface area contributed by atoms with Gasteiger partial charge in [-0.15, -0.1) is 0 Å². The van der Waals surface area contributed by atoms with Crippen molar-refractivity contribution >= 4 is 32.7 Å². The van der Waals surface area contributed by atoms with Crippen LogP contribution in [0.4, 0.5) is 18.9 Å². The number of alkyl halides is 3. The molecule has 1 aromatic heterocycles. The monoisotopic (exact) mass is 481 g/mol. The molecule has 0 bridgehead atoms. The number of hydrogen-bond acceptors (Lipinski definition) is 5. The third-order valence-electron chi connectivity index (χ3n) is 5.45. The summed E-state index contributed by atoms with van der Waals surface area (Å²) < 4.78 is 68.1. The van der Waals surface area contributed by atoms with Crippen molar-refractivity contribution in [2.45, 2.75) is 17.6 Å². The molecule has 0 unspecified atom stereocenters. The molecule has 0 aliphatic carbocycles. The average Bonchev–Trinajstić information content (AvgIpc) is 3.13. The van der Waals surface area contributed by atoms with Crippen LogP contribution in [-0.2, 0) is 27.5 Å². The largest absolute Gasteiger partial charge is 0.449 e. The minimum absolute atomic E-state index is 0.0880. The molecule has 12 heteroatoms. The van der Waals surface area contributed by atoms with Crippen molar-refractivity contribution in [2.24, 2.45) is 0 Å². The van der Waals surface area contributed by atoms with Crippen LogP contribution in [0.15, 0.2) is 53.4 Å². The molecule has 0 spiro atoms. The predicted octanol–water partition coefficient (Wildman–Crippen LogP) is 2.63. The van der Waals surface area contributed by atoms with Gasteiger partial charge in [0.05, 0.1) is 15.9 Å². The topological polar surface area (TPSA) is 87.5 Å². The molecular weight excluding hydrogens is 459 g/mol. The summed E-state index contributed by atoms with van der Waals surface area (Å²) in [7, 11) is -1.74. The number of halogens is 3. The number of likely N-dealkylation sites (N-methyl/N-ethyl adjacent to an activating group) is 1. The molecule has 0 saturated carbocycles. The number of sulfonamides is 1. The van der Waals surface area contributed by atoms with Crippen molar-refractivity contribution in [1.82, 2.24) is 18.8 Å². The molecule has 1 fully saturated rings. The van der Waals surface area contributed by atoms with E-state index in [0.29, 0.717) is 26.2 Å². The van der Waals surface area contributed by atoms with Gasteiger partial charge in [0.15, 0.2) is 0 Å². The summed E-state index contributed by atoms with van der Waals surface area (Å²) in [4.78, 5) is 18.2. The molecule has 1 saturated heterocycles. The molecule has 8 nitrogen and oxygen atoms in total. The molecule has 1 N–H and O–H groups in total. The van der Waals surface area contributed by atoms with E-state index in [0.717, 1.165) is 4.57 Å². The fourth-order valence-electron chi connectivity index (χ4n) is 3.68. The maximum atomic E-state index is 13.4. The number of para-hydroxylation sites is 2. The second kappa shape index (κ2) is 8.76. The lowest BCUT2D eigenvalue weighted by Crippen LogP contribution is -2.46. The Morgan fingerprint density at radius 2 is 1.67 bits per heavy atom. The van der Waals surface area contributed by atoms with Crippen molar-refractivity contribution in [3.8, 4) is 0 Å². The van der Waals surface area contributed by atoms with Gasteiger partial charge in [-0.25, -0.2) is 13.4 Å². The lowest BCUT2D eigenvalue weighted by atomic mass is 10.3. The summed E-state index contributed by atoms with van der Waals surface area (Å²) in [6, 6.07) is 11.6. The third kappa shape index (κ3) is 4.87. The zero-order chi connectivity index (χ0) is 23.8. The van der Waals surface area contributed by atoms with Crippen LogP contribution in [0.3, 0.4) is 0 Å². The Balaban J connectivity index is 1.49. The molecule has 1 aliphatic heterocycles. The van der Waals surface area contributed by atoms with Crippen LogP contribution in [0.5, 0.6) is 0 Å². The highest BCUT2D eigenvalue weighted by Crippen LogP contribution is 2.31. The average molecular weight is 482 g/mol. The fraction of sp³-hybridized carbons (Fsp3) is 0.333. The number of fused-ring (bicyclic) bond motifs is 1. The van der Waals surface area contributed by atoms with Gasteiger partial charge in [-0.05, 0) is 43.4 Å². The molecule has 2 aromatic carbocycles. The lowest BCUT2D eigenvalue weighted by Gasteiger charge is -2.31. The van der Waals surface area contributed by atoms with Crippen molar-refractivity contribution in [1.29, 1.82) is 0 Å². The second-order valence-corrected chi connectivity index (χ2v) is 9.73. The van der Waals surface area contributed by atoms with E-state index in [2.05, 4.69) is 10.3 Å². The third-order valence-corrected chi connectivity index (χ3v) is 7.36. The molecule has 2 heterocycles. The predicted molar refractivity (Wildman–Crippen MR) is 116 cm³/mol. The number of nitrogens with zero attached hydrogens (tertiary/aromatic N) is 4. The van der Waals surface area contributed by atoms with Crippen molar-refractivity contribution in [2.75, 3.05) is 38.5 Å². The maximum Gasteiger partial charge on any atom is 0.449 e. The first-order valence-corrected chi connectivity index (χ1v) is 11.6. The summed E-state index contributed by atoms with van der Waals surface area (Å²) in [6.07, 6.45) is -4.72. The van der Waals surface area contributed by atoms with E-state index >= 15 is 0 Å². The highest BCUT2D eigenvalue weighted by molar-refractivity contribution is 7.89. The number of anilines is 1. The molecule has 0 radical (unpaired) electrons. The molecule has 4 rings (SSSR count). The number of imidazole rings is 1. The number of carbonyl (C=O) groups is 1. The maximum absolute atomic E-state index is 13.4. The van der Waals surface area contributed by atoms with E-state index in [9.17, 15) is 26.4 Å². The number of carbonyl (C=O) groups excluding carboxylic acids is 1. The summed E-state index contributed by atoms with van der Waals surface area (Å²) in [5.41, 5.74) is 0.597. The molecule has 1 amide bonds. The quantitative estimate of drug-likeness (QED) is 0.606. The van der Waals surface area contributed by atoms with Gasteiger partial charge in [0.2, 0.25) is 21.8 Å². The van der Waals surface area contributed by atoms with Gasteiger partial charge >= 0.3 is 6.18 Å². The Hall–Kier alpha value is -2.96. The number of rotatable bonds is 5. The van der Waals surface area contributed by atoms with Gasteiger partial charge in [-0.3, -0.25) is 4.79 Å². The molecule has 176 valence electrons. The Kier molecular flexibility index (Phi) is 6.16. The summed E-state index contributed by atoms with van der Waals surface area (Å²) in [5, 5.41) is 2.52.